The van der Waals surface area contributed by atoms with Crippen LogP contribution in [-0.2, 0) is 10.3 Å². The number of benzene rings is 2. The molecule has 0 aliphatic rings. The van der Waals surface area contributed by atoms with Gasteiger partial charge in [0.05, 0.1) is 0 Å². The molecule has 0 radical (unpaired) electrons. The number of carbonyl (C=O) groups is 1. The summed E-state index contributed by atoms with van der Waals surface area (Å²) in [4.78, 5) is 14.3. The third-order valence-electron chi connectivity index (χ3n) is 4.26. The second-order valence-electron chi connectivity index (χ2n) is 6.37. The van der Waals surface area contributed by atoms with Crippen LogP contribution in [0.15, 0.2) is 59.0 Å². The SMILES string of the molecule is Cc1cc(-c2ccc(C(=O)N(C)c3ccccc3C)o2)ccc1OS(N)(=O)=O. The van der Waals surface area contributed by atoms with Gasteiger partial charge in [0, 0.05) is 18.3 Å². The fourth-order valence-electron chi connectivity index (χ4n) is 2.84. The van der Waals surface area contributed by atoms with Crippen molar-refractivity contribution in [2.24, 2.45) is 5.14 Å². The van der Waals surface area contributed by atoms with Crippen LogP contribution >= 0.6 is 0 Å². The molecule has 0 saturated carbocycles. The normalized spacial score (nSPS) is 11.3. The Labute approximate surface area is 163 Å². The van der Waals surface area contributed by atoms with Gasteiger partial charge in [-0.25, -0.2) is 0 Å². The molecular formula is C20H20N2O5S. The van der Waals surface area contributed by atoms with Gasteiger partial charge in [-0.05, 0) is 61.4 Å². The number of nitrogens with zero attached hydrogens (tertiary/aromatic N) is 1. The van der Waals surface area contributed by atoms with Crippen LogP contribution in [0.25, 0.3) is 11.3 Å². The van der Waals surface area contributed by atoms with Crippen LogP contribution in [0.3, 0.4) is 0 Å². The number of aryl methyl sites for hydroxylation is 2. The van der Waals surface area contributed by atoms with Crippen LogP contribution in [0.5, 0.6) is 5.75 Å². The number of nitrogens with two attached hydrogens (primary N) is 1. The topological polar surface area (TPSA) is 103 Å². The van der Waals surface area contributed by atoms with E-state index in [0.29, 0.717) is 16.9 Å². The Balaban J connectivity index is 1.85. The van der Waals surface area contributed by atoms with Crippen molar-refractivity contribution < 1.29 is 21.8 Å². The first-order valence-electron chi connectivity index (χ1n) is 8.42. The molecule has 0 aliphatic carbocycles. The summed E-state index contributed by atoms with van der Waals surface area (Å²) in [6.45, 7) is 3.62. The van der Waals surface area contributed by atoms with E-state index in [1.165, 1.54) is 11.0 Å². The summed E-state index contributed by atoms with van der Waals surface area (Å²) in [5.74, 6) is 0.537. The van der Waals surface area contributed by atoms with Gasteiger partial charge in [-0.1, -0.05) is 18.2 Å². The van der Waals surface area contributed by atoms with Gasteiger partial charge >= 0.3 is 10.3 Å². The number of hydrogen-bond acceptors (Lipinski definition) is 5. The van der Waals surface area contributed by atoms with Gasteiger partial charge in [0.15, 0.2) is 5.76 Å². The van der Waals surface area contributed by atoms with Crippen molar-refractivity contribution in [1.29, 1.82) is 0 Å². The highest BCUT2D eigenvalue weighted by Crippen LogP contribution is 2.29. The lowest BCUT2D eigenvalue weighted by atomic mass is 10.1. The van der Waals surface area contributed by atoms with Gasteiger partial charge < -0.3 is 13.5 Å². The number of carbonyl (C=O) groups excluding carboxylic acids is 1. The Morgan fingerprint density at radius 1 is 1.04 bits per heavy atom. The summed E-state index contributed by atoms with van der Waals surface area (Å²) in [6.07, 6.45) is 0. The average Bonchev–Trinajstić information content (AvgIpc) is 3.11. The van der Waals surface area contributed by atoms with E-state index in [1.54, 1.807) is 38.2 Å². The summed E-state index contributed by atoms with van der Waals surface area (Å²) < 4.78 is 32.6. The molecule has 1 aromatic heterocycles. The molecule has 0 spiro atoms. The lowest BCUT2D eigenvalue weighted by Gasteiger charge is -2.18. The van der Waals surface area contributed by atoms with Gasteiger partial charge in [0.2, 0.25) is 0 Å². The van der Waals surface area contributed by atoms with E-state index in [-0.39, 0.29) is 17.4 Å². The highest BCUT2D eigenvalue weighted by atomic mass is 32.2. The molecule has 0 aliphatic heterocycles. The van der Waals surface area contributed by atoms with Gasteiger partial charge in [0.1, 0.15) is 11.5 Å². The summed E-state index contributed by atoms with van der Waals surface area (Å²) in [5.41, 5.74) is 3.02. The summed E-state index contributed by atoms with van der Waals surface area (Å²) in [7, 11) is -2.41. The average molecular weight is 400 g/mol. The highest BCUT2D eigenvalue weighted by molar-refractivity contribution is 7.84. The van der Waals surface area contributed by atoms with Crippen molar-refractivity contribution in [2.75, 3.05) is 11.9 Å². The maximum Gasteiger partial charge on any atom is 0.380 e. The van der Waals surface area contributed by atoms with Crippen molar-refractivity contribution >= 4 is 21.9 Å². The Morgan fingerprint density at radius 3 is 2.39 bits per heavy atom. The first-order valence-corrected chi connectivity index (χ1v) is 9.89. The zero-order valence-electron chi connectivity index (χ0n) is 15.7. The number of anilines is 1. The maximum absolute atomic E-state index is 12.8. The van der Waals surface area contributed by atoms with Gasteiger partial charge in [-0.2, -0.15) is 13.6 Å². The third kappa shape index (κ3) is 4.24. The van der Waals surface area contributed by atoms with Crippen LogP contribution in [-0.4, -0.2) is 21.4 Å². The number of amides is 1. The monoisotopic (exact) mass is 400 g/mol. The molecule has 2 aromatic carbocycles. The predicted molar refractivity (Wildman–Crippen MR) is 107 cm³/mol. The molecule has 0 atom stereocenters. The largest absolute Gasteiger partial charge is 0.451 e. The van der Waals surface area contributed by atoms with Gasteiger partial charge in [0.25, 0.3) is 5.91 Å². The second-order valence-corrected chi connectivity index (χ2v) is 7.52. The van der Waals surface area contributed by atoms with E-state index in [0.717, 1.165) is 11.3 Å². The van der Waals surface area contributed by atoms with E-state index < -0.39 is 10.3 Å². The molecule has 0 saturated heterocycles. The fourth-order valence-corrected chi connectivity index (χ4v) is 3.28. The Bertz CT molecular complexity index is 1140. The first-order chi connectivity index (χ1) is 13.2. The zero-order chi connectivity index (χ0) is 20.5. The van der Waals surface area contributed by atoms with Crippen molar-refractivity contribution in [3.05, 3.63) is 71.5 Å². The summed E-state index contributed by atoms with van der Waals surface area (Å²) in [5, 5.41) is 4.90. The first kappa shape index (κ1) is 19.7. The van der Waals surface area contributed by atoms with Crippen molar-refractivity contribution in [1.82, 2.24) is 0 Å². The molecule has 28 heavy (non-hydrogen) atoms. The molecule has 3 rings (SSSR count). The van der Waals surface area contributed by atoms with Gasteiger partial charge in [-0.3, -0.25) is 4.79 Å². The van der Waals surface area contributed by atoms with Crippen LogP contribution in [0.4, 0.5) is 5.69 Å². The van der Waals surface area contributed by atoms with E-state index in [2.05, 4.69) is 0 Å². The lowest BCUT2D eigenvalue weighted by molar-refractivity contribution is 0.0967. The number of rotatable bonds is 5. The van der Waals surface area contributed by atoms with Gasteiger partial charge in [-0.15, -0.1) is 0 Å². The van der Waals surface area contributed by atoms with Crippen LogP contribution < -0.4 is 14.2 Å². The van der Waals surface area contributed by atoms with Crippen molar-refractivity contribution in [2.45, 2.75) is 13.8 Å². The van der Waals surface area contributed by atoms with Crippen molar-refractivity contribution in [3.63, 3.8) is 0 Å². The van der Waals surface area contributed by atoms with Crippen molar-refractivity contribution in [3.8, 4) is 17.1 Å². The van der Waals surface area contributed by atoms with E-state index in [4.69, 9.17) is 13.7 Å². The fraction of sp³-hybridized carbons (Fsp3) is 0.150. The lowest BCUT2D eigenvalue weighted by Crippen LogP contribution is -2.26. The minimum absolute atomic E-state index is 0.133. The molecule has 7 nitrogen and oxygen atoms in total. The quantitative estimate of drug-likeness (QED) is 0.707. The molecule has 3 aromatic rings. The summed E-state index contributed by atoms with van der Waals surface area (Å²) in [6, 6.07) is 15.7. The zero-order valence-corrected chi connectivity index (χ0v) is 16.5. The van der Waals surface area contributed by atoms with Crippen LogP contribution in [0.2, 0.25) is 0 Å². The Morgan fingerprint density at radius 2 is 1.75 bits per heavy atom. The molecule has 0 unspecified atom stereocenters. The standard InChI is InChI=1S/C20H20N2O5S/c1-13-6-4-5-7-16(13)22(3)20(23)19-11-10-18(26-19)15-8-9-17(14(2)12-15)27-28(21,24)25/h4-12H,1-3H3,(H2,21,24,25). The molecule has 2 N–H and O–H groups in total. The number of hydrogen-bond donors (Lipinski definition) is 1. The Kier molecular flexibility index (Phi) is 5.26. The third-order valence-corrected chi connectivity index (χ3v) is 4.68. The maximum atomic E-state index is 12.8. The number of para-hydroxylation sites is 1. The Hall–Kier alpha value is -3.10. The van der Waals surface area contributed by atoms with E-state index in [9.17, 15) is 13.2 Å². The van der Waals surface area contributed by atoms with E-state index in [1.807, 2.05) is 31.2 Å². The second kappa shape index (κ2) is 7.49. The predicted octanol–water partition coefficient (Wildman–Crippen LogP) is 3.42. The molecule has 8 heteroatoms. The molecular weight excluding hydrogens is 380 g/mol. The smallest absolute Gasteiger partial charge is 0.380 e. The minimum Gasteiger partial charge on any atom is -0.451 e. The molecule has 1 heterocycles. The number of furan rings is 1. The summed E-state index contributed by atoms with van der Waals surface area (Å²) >= 11 is 0. The van der Waals surface area contributed by atoms with Crippen LogP contribution in [0, 0.1) is 13.8 Å². The molecule has 0 bridgehead atoms. The van der Waals surface area contributed by atoms with Crippen LogP contribution in [0.1, 0.15) is 21.7 Å². The molecule has 0 fully saturated rings. The highest BCUT2D eigenvalue weighted by Gasteiger charge is 2.19. The minimum atomic E-state index is -4.10. The van der Waals surface area contributed by atoms with E-state index >= 15 is 0 Å². The molecule has 146 valence electrons. The molecule has 1 amide bonds.